The first-order chi connectivity index (χ1) is 9.53. The van der Waals surface area contributed by atoms with Crippen molar-refractivity contribution in [2.45, 2.75) is 58.1 Å². The number of fused-ring (bicyclic) bond motifs is 1. The minimum atomic E-state index is 0.0574. The maximum Gasteiger partial charge on any atom is 0.124 e. The van der Waals surface area contributed by atoms with Crippen LogP contribution >= 0.6 is 0 Å². The summed E-state index contributed by atoms with van der Waals surface area (Å²) >= 11 is 0. The normalized spacial score (nSPS) is 36.5. The molecule has 0 radical (unpaired) electrons. The van der Waals surface area contributed by atoms with Crippen molar-refractivity contribution in [1.29, 1.82) is 0 Å². The molecule has 0 amide bonds. The molecule has 0 saturated heterocycles. The molecular formula is C18H27NO. The van der Waals surface area contributed by atoms with Gasteiger partial charge in [0.25, 0.3) is 0 Å². The quantitative estimate of drug-likeness (QED) is 0.826. The lowest BCUT2D eigenvalue weighted by Gasteiger charge is -2.48. The molecule has 20 heavy (non-hydrogen) atoms. The van der Waals surface area contributed by atoms with Gasteiger partial charge in [0.05, 0.1) is 0 Å². The minimum Gasteiger partial charge on any atom is -0.487 e. The number of hydrogen-bond donors (Lipinski definition) is 1. The molecule has 2 nitrogen and oxygen atoms in total. The van der Waals surface area contributed by atoms with Crippen molar-refractivity contribution in [1.82, 2.24) is 5.32 Å². The summed E-state index contributed by atoms with van der Waals surface area (Å²) in [5, 5.41) is 3.50. The van der Waals surface area contributed by atoms with E-state index in [2.05, 4.69) is 51.3 Å². The third-order valence-corrected chi connectivity index (χ3v) is 5.51. The highest BCUT2D eigenvalue weighted by Gasteiger charge is 2.44. The van der Waals surface area contributed by atoms with Gasteiger partial charge in [-0.3, -0.25) is 0 Å². The molecule has 2 heteroatoms. The predicted octanol–water partition coefficient (Wildman–Crippen LogP) is 4.23. The van der Waals surface area contributed by atoms with E-state index >= 15 is 0 Å². The van der Waals surface area contributed by atoms with E-state index in [1.54, 1.807) is 0 Å². The summed E-state index contributed by atoms with van der Waals surface area (Å²) in [5.74, 6) is 2.69. The third-order valence-electron chi connectivity index (χ3n) is 5.51. The summed E-state index contributed by atoms with van der Waals surface area (Å²) in [6.45, 7) is 6.92. The van der Waals surface area contributed by atoms with Gasteiger partial charge in [0.2, 0.25) is 0 Å². The summed E-state index contributed by atoms with van der Waals surface area (Å²) in [4.78, 5) is 0. The van der Waals surface area contributed by atoms with Gasteiger partial charge >= 0.3 is 0 Å². The van der Waals surface area contributed by atoms with Gasteiger partial charge in [0, 0.05) is 18.0 Å². The summed E-state index contributed by atoms with van der Waals surface area (Å²) in [6.07, 6.45) is 4.79. The van der Waals surface area contributed by atoms with Gasteiger partial charge in [-0.05, 0) is 51.1 Å². The predicted molar refractivity (Wildman–Crippen MR) is 83.1 cm³/mol. The van der Waals surface area contributed by atoms with E-state index in [0.29, 0.717) is 6.04 Å². The molecule has 4 atom stereocenters. The maximum atomic E-state index is 6.53. The second kappa shape index (κ2) is 5.07. The summed E-state index contributed by atoms with van der Waals surface area (Å²) in [5.41, 5.74) is 2.71. The van der Waals surface area contributed by atoms with Crippen LogP contribution in [0.5, 0.6) is 5.75 Å². The molecule has 1 saturated carbocycles. The zero-order chi connectivity index (χ0) is 14.3. The highest BCUT2D eigenvalue weighted by atomic mass is 16.5. The second-order valence-corrected chi connectivity index (χ2v) is 7.07. The average molecular weight is 273 g/mol. The van der Waals surface area contributed by atoms with Crippen LogP contribution in [0, 0.1) is 18.8 Å². The Labute approximate surface area is 122 Å². The Morgan fingerprint density at radius 3 is 2.70 bits per heavy atom. The average Bonchev–Trinajstić information content (AvgIpc) is 2.43. The molecule has 4 unspecified atom stereocenters. The van der Waals surface area contributed by atoms with Gasteiger partial charge in [-0.2, -0.15) is 0 Å². The van der Waals surface area contributed by atoms with E-state index in [-0.39, 0.29) is 5.60 Å². The van der Waals surface area contributed by atoms with Crippen molar-refractivity contribution in [3.05, 3.63) is 29.3 Å². The molecule has 1 fully saturated rings. The zero-order valence-electron chi connectivity index (χ0n) is 13.2. The Bertz CT molecular complexity index is 498. The number of nitrogens with one attached hydrogen (secondary N) is 1. The maximum absolute atomic E-state index is 6.53. The van der Waals surface area contributed by atoms with Crippen molar-refractivity contribution in [3.8, 4) is 5.75 Å². The first kappa shape index (κ1) is 13.9. The molecule has 1 aliphatic heterocycles. The van der Waals surface area contributed by atoms with Gasteiger partial charge < -0.3 is 10.1 Å². The number of ether oxygens (including phenoxy) is 1. The van der Waals surface area contributed by atoms with Crippen molar-refractivity contribution in [3.63, 3.8) is 0 Å². The Morgan fingerprint density at radius 1 is 1.20 bits per heavy atom. The number of hydrogen-bond acceptors (Lipinski definition) is 2. The van der Waals surface area contributed by atoms with Crippen LogP contribution in [0.25, 0.3) is 0 Å². The van der Waals surface area contributed by atoms with Crippen LogP contribution in [0.1, 0.15) is 56.7 Å². The molecule has 110 valence electrons. The van der Waals surface area contributed by atoms with Crippen molar-refractivity contribution >= 4 is 0 Å². The highest BCUT2D eigenvalue weighted by molar-refractivity contribution is 5.41. The molecule has 1 aromatic rings. The summed E-state index contributed by atoms with van der Waals surface area (Å²) in [7, 11) is 2.07. The van der Waals surface area contributed by atoms with Crippen molar-refractivity contribution in [2.75, 3.05) is 7.05 Å². The first-order valence-electron chi connectivity index (χ1n) is 8.00. The molecule has 0 bridgehead atoms. The molecular weight excluding hydrogens is 246 g/mol. The molecule has 2 aliphatic rings. The largest absolute Gasteiger partial charge is 0.487 e. The van der Waals surface area contributed by atoms with Crippen LogP contribution in [0.3, 0.4) is 0 Å². The standard InChI is InChI=1S/C18H27NO/c1-12-5-6-17-15(9-12)16(19-4)11-18(20-17)8-7-13(2)14(3)10-18/h5-6,9,13-14,16,19H,7-8,10-11H2,1-4H3. The van der Waals surface area contributed by atoms with E-state index < -0.39 is 0 Å². The van der Waals surface area contributed by atoms with Gasteiger partial charge in [0.15, 0.2) is 0 Å². The van der Waals surface area contributed by atoms with Crippen LogP contribution in [-0.4, -0.2) is 12.6 Å². The SMILES string of the molecule is CNC1CC2(CCC(C)C(C)C2)Oc2ccc(C)cc21. The van der Waals surface area contributed by atoms with Crippen LogP contribution in [-0.2, 0) is 0 Å². The fourth-order valence-electron chi connectivity index (χ4n) is 3.99. The highest BCUT2D eigenvalue weighted by Crippen LogP contribution is 2.48. The monoisotopic (exact) mass is 273 g/mol. The van der Waals surface area contributed by atoms with Crippen LogP contribution in [0.15, 0.2) is 18.2 Å². The van der Waals surface area contributed by atoms with E-state index in [9.17, 15) is 0 Å². The summed E-state index contributed by atoms with van der Waals surface area (Å²) < 4.78 is 6.53. The lowest BCUT2D eigenvalue weighted by Crippen LogP contribution is -2.48. The fourth-order valence-corrected chi connectivity index (χ4v) is 3.99. The van der Waals surface area contributed by atoms with Crippen LogP contribution < -0.4 is 10.1 Å². The zero-order valence-corrected chi connectivity index (χ0v) is 13.2. The lowest BCUT2D eigenvalue weighted by atomic mass is 9.69. The molecule has 1 aromatic carbocycles. The third kappa shape index (κ3) is 2.35. The number of aryl methyl sites for hydroxylation is 1. The van der Waals surface area contributed by atoms with Crippen LogP contribution in [0.4, 0.5) is 0 Å². The first-order valence-corrected chi connectivity index (χ1v) is 8.00. The Balaban J connectivity index is 1.93. The Hall–Kier alpha value is -1.02. The summed E-state index contributed by atoms with van der Waals surface area (Å²) in [6, 6.07) is 7.04. The molecule has 1 heterocycles. The molecule has 0 aromatic heterocycles. The van der Waals surface area contributed by atoms with Gasteiger partial charge in [-0.25, -0.2) is 0 Å². The smallest absolute Gasteiger partial charge is 0.124 e. The van der Waals surface area contributed by atoms with Gasteiger partial charge in [-0.1, -0.05) is 31.5 Å². The van der Waals surface area contributed by atoms with E-state index in [1.807, 2.05) is 0 Å². The van der Waals surface area contributed by atoms with Gasteiger partial charge in [0.1, 0.15) is 11.4 Å². The number of rotatable bonds is 1. The minimum absolute atomic E-state index is 0.0574. The van der Waals surface area contributed by atoms with Crippen molar-refractivity contribution < 1.29 is 4.74 Å². The van der Waals surface area contributed by atoms with E-state index in [1.165, 1.54) is 30.4 Å². The van der Waals surface area contributed by atoms with E-state index in [0.717, 1.165) is 24.0 Å². The topological polar surface area (TPSA) is 21.3 Å². The molecule has 3 rings (SSSR count). The van der Waals surface area contributed by atoms with Crippen molar-refractivity contribution in [2.24, 2.45) is 11.8 Å². The van der Waals surface area contributed by atoms with E-state index in [4.69, 9.17) is 4.74 Å². The molecule has 1 spiro atoms. The van der Waals surface area contributed by atoms with Crippen LogP contribution in [0.2, 0.25) is 0 Å². The molecule has 1 aliphatic carbocycles. The fraction of sp³-hybridized carbons (Fsp3) is 0.667. The number of benzene rings is 1. The second-order valence-electron chi connectivity index (χ2n) is 7.07. The lowest BCUT2D eigenvalue weighted by molar-refractivity contribution is -0.0316. The molecule has 1 N–H and O–H groups in total. The van der Waals surface area contributed by atoms with Gasteiger partial charge in [-0.15, -0.1) is 0 Å². The Kier molecular flexibility index (Phi) is 3.53. The Morgan fingerprint density at radius 2 is 2.00 bits per heavy atom.